The summed E-state index contributed by atoms with van der Waals surface area (Å²) in [6.45, 7) is 2.09. The first-order valence-electron chi connectivity index (χ1n) is 5.23. The topological polar surface area (TPSA) is 38.9 Å². The van der Waals surface area contributed by atoms with Crippen molar-refractivity contribution in [3.63, 3.8) is 0 Å². The van der Waals surface area contributed by atoms with Crippen LogP contribution in [0, 0.1) is 0 Å². The van der Waals surface area contributed by atoms with Crippen molar-refractivity contribution in [2.45, 2.75) is 32.1 Å². The van der Waals surface area contributed by atoms with Crippen LogP contribution in [0.15, 0.2) is 18.0 Å². The number of hydrogen-bond donors (Lipinski definition) is 1. The Labute approximate surface area is 83.8 Å². The molecule has 0 aliphatic heterocycles. The fourth-order valence-electron chi connectivity index (χ4n) is 2.77. The molecule has 2 aliphatic rings. The normalized spacial score (nSPS) is 23.9. The monoisotopic (exact) mass is 186 g/mol. The van der Waals surface area contributed by atoms with E-state index in [9.17, 15) is 0 Å². The van der Waals surface area contributed by atoms with Crippen LogP contribution in [-0.4, -0.2) is 4.98 Å². The van der Waals surface area contributed by atoms with E-state index in [2.05, 4.69) is 18.0 Å². The van der Waals surface area contributed by atoms with Gasteiger partial charge in [0.15, 0.2) is 0 Å². The van der Waals surface area contributed by atoms with Crippen LogP contribution in [0.1, 0.15) is 42.5 Å². The average molecular weight is 186 g/mol. The maximum Gasteiger partial charge on any atom is 0.0717 e. The van der Waals surface area contributed by atoms with E-state index < -0.39 is 0 Å². The van der Waals surface area contributed by atoms with Crippen molar-refractivity contribution < 1.29 is 0 Å². The molecular formula is C12H14N2. The predicted octanol–water partition coefficient (Wildman–Crippen LogP) is 2.20. The van der Waals surface area contributed by atoms with Crippen molar-refractivity contribution in [2.75, 3.05) is 0 Å². The Bertz CT molecular complexity index is 432. The molecular weight excluding hydrogens is 172 g/mol. The number of rotatable bonds is 0. The fraction of sp³-hybridized carbons (Fsp3) is 0.417. The summed E-state index contributed by atoms with van der Waals surface area (Å²) in [7, 11) is 0. The van der Waals surface area contributed by atoms with Crippen molar-refractivity contribution in [1.29, 1.82) is 0 Å². The molecule has 0 fully saturated rings. The summed E-state index contributed by atoms with van der Waals surface area (Å²) >= 11 is 0. The van der Waals surface area contributed by atoms with Crippen molar-refractivity contribution in [2.24, 2.45) is 5.73 Å². The van der Waals surface area contributed by atoms with Gasteiger partial charge >= 0.3 is 0 Å². The minimum atomic E-state index is 0.474. The second kappa shape index (κ2) is 2.59. The molecule has 0 amide bonds. The maximum atomic E-state index is 6.13. The summed E-state index contributed by atoms with van der Waals surface area (Å²) in [4.78, 5) is 4.45. The molecule has 2 nitrogen and oxygen atoms in total. The van der Waals surface area contributed by atoms with E-state index >= 15 is 0 Å². The first kappa shape index (κ1) is 8.04. The minimum Gasteiger partial charge on any atom is -0.401 e. The molecule has 1 atom stereocenters. The number of nitrogens with two attached hydrogens (primary N) is 1. The summed E-state index contributed by atoms with van der Waals surface area (Å²) in [5, 5.41) is 0. The molecule has 2 N–H and O–H groups in total. The first-order valence-corrected chi connectivity index (χ1v) is 5.23. The third-order valence-electron chi connectivity index (χ3n) is 3.53. The zero-order valence-corrected chi connectivity index (χ0v) is 8.38. The summed E-state index contributed by atoms with van der Waals surface area (Å²) in [5.41, 5.74) is 12.4. The molecule has 0 saturated heterocycles. The lowest BCUT2D eigenvalue weighted by Crippen LogP contribution is -2.13. The molecule has 0 bridgehead atoms. The Balaban J connectivity index is 2.30. The molecule has 0 radical (unpaired) electrons. The average Bonchev–Trinajstić information content (AvgIpc) is 2.47. The van der Waals surface area contributed by atoms with Gasteiger partial charge in [-0.05, 0) is 49.0 Å². The maximum absolute atomic E-state index is 6.13. The summed E-state index contributed by atoms with van der Waals surface area (Å²) in [6.07, 6.45) is 5.57. The van der Waals surface area contributed by atoms with Gasteiger partial charge in [0, 0.05) is 17.8 Å². The number of allylic oxidation sites excluding steroid dienone is 2. The fourth-order valence-corrected chi connectivity index (χ4v) is 2.77. The van der Waals surface area contributed by atoms with Gasteiger partial charge in [0.1, 0.15) is 0 Å². The largest absolute Gasteiger partial charge is 0.401 e. The third kappa shape index (κ3) is 0.834. The van der Waals surface area contributed by atoms with Gasteiger partial charge in [-0.15, -0.1) is 0 Å². The molecule has 2 aliphatic carbocycles. The van der Waals surface area contributed by atoms with E-state index in [-0.39, 0.29) is 0 Å². The number of pyridine rings is 1. The Morgan fingerprint density at radius 2 is 2.36 bits per heavy atom. The molecule has 1 heterocycles. The van der Waals surface area contributed by atoms with Crippen LogP contribution in [0.25, 0.3) is 5.57 Å². The van der Waals surface area contributed by atoms with Gasteiger partial charge in [-0.25, -0.2) is 0 Å². The Morgan fingerprint density at radius 3 is 3.21 bits per heavy atom. The van der Waals surface area contributed by atoms with Crippen LogP contribution in [0.5, 0.6) is 0 Å². The molecule has 1 aromatic heterocycles. The molecule has 0 spiro atoms. The van der Waals surface area contributed by atoms with Gasteiger partial charge in [0.05, 0.1) is 5.69 Å². The number of aryl methyl sites for hydroxylation is 1. The molecule has 0 saturated carbocycles. The van der Waals surface area contributed by atoms with Crippen molar-refractivity contribution in [1.82, 2.24) is 4.98 Å². The summed E-state index contributed by atoms with van der Waals surface area (Å²) in [6, 6.07) is 2.15. The quantitative estimate of drug-likeness (QED) is 0.674. The van der Waals surface area contributed by atoms with E-state index in [1.165, 1.54) is 36.0 Å². The lowest BCUT2D eigenvalue weighted by atomic mass is 9.84. The van der Waals surface area contributed by atoms with Crippen LogP contribution in [0.2, 0.25) is 0 Å². The number of aromatic nitrogens is 1. The number of nitrogens with zero attached hydrogens (tertiary/aromatic N) is 1. The lowest BCUT2D eigenvalue weighted by molar-refractivity contribution is 0.610. The van der Waals surface area contributed by atoms with E-state index in [1.807, 2.05) is 6.20 Å². The minimum absolute atomic E-state index is 0.474. The SMILES string of the molecule is CC1=C(N)C2CCCc3ccnc1c32. The molecule has 14 heavy (non-hydrogen) atoms. The zero-order valence-electron chi connectivity index (χ0n) is 8.38. The molecule has 72 valence electrons. The van der Waals surface area contributed by atoms with Gasteiger partial charge in [0.2, 0.25) is 0 Å². The molecule has 1 unspecified atom stereocenters. The van der Waals surface area contributed by atoms with Gasteiger partial charge < -0.3 is 5.73 Å². The Morgan fingerprint density at radius 1 is 1.50 bits per heavy atom. The van der Waals surface area contributed by atoms with Crippen LogP contribution >= 0.6 is 0 Å². The lowest BCUT2D eigenvalue weighted by Gasteiger charge is -2.22. The van der Waals surface area contributed by atoms with Crippen LogP contribution < -0.4 is 5.73 Å². The van der Waals surface area contributed by atoms with Crippen molar-refractivity contribution in [3.8, 4) is 0 Å². The van der Waals surface area contributed by atoms with Crippen LogP contribution in [-0.2, 0) is 6.42 Å². The highest BCUT2D eigenvalue weighted by Gasteiger charge is 2.32. The zero-order chi connectivity index (χ0) is 9.71. The second-order valence-corrected chi connectivity index (χ2v) is 4.26. The Kier molecular flexibility index (Phi) is 1.49. The first-order chi connectivity index (χ1) is 6.79. The summed E-state index contributed by atoms with van der Waals surface area (Å²) < 4.78 is 0. The molecule has 1 aromatic rings. The molecule has 0 aromatic carbocycles. The van der Waals surface area contributed by atoms with Gasteiger partial charge in [-0.3, -0.25) is 4.98 Å². The van der Waals surface area contributed by atoms with E-state index in [4.69, 9.17) is 5.73 Å². The van der Waals surface area contributed by atoms with E-state index in [1.54, 1.807) is 0 Å². The highest BCUT2D eigenvalue weighted by molar-refractivity contribution is 5.75. The highest BCUT2D eigenvalue weighted by Crippen LogP contribution is 2.45. The molecule has 3 rings (SSSR count). The van der Waals surface area contributed by atoms with Gasteiger partial charge in [-0.1, -0.05) is 0 Å². The predicted molar refractivity (Wildman–Crippen MR) is 56.7 cm³/mol. The summed E-state index contributed by atoms with van der Waals surface area (Å²) in [5.74, 6) is 0.474. The van der Waals surface area contributed by atoms with Crippen LogP contribution in [0.4, 0.5) is 0 Å². The van der Waals surface area contributed by atoms with E-state index in [0.717, 1.165) is 11.4 Å². The molecule has 2 heteroatoms. The Hall–Kier alpha value is -1.31. The standard InChI is InChI=1S/C12H14N2/c1-7-11(13)9-4-2-3-8-5-6-14-12(7)10(8)9/h5-6,9H,2-4,13H2,1H3. The third-order valence-corrected chi connectivity index (χ3v) is 3.53. The van der Waals surface area contributed by atoms with Crippen LogP contribution in [0.3, 0.4) is 0 Å². The van der Waals surface area contributed by atoms with E-state index in [0.29, 0.717) is 5.92 Å². The van der Waals surface area contributed by atoms with Crippen molar-refractivity contribution in [3.05, 3.63) is 34.8 Å². The van der Waals surface area contributed by atoms with Gasteiger partial charge in [0.25, 0.3) is 0 Å². The second-order valence-electron chi connectivity index (χ2n) is 4.26. The number of hydrogen-bond acceptors (Lipinski definition) is 2. The smallest absolute Gasteiger partial charge is 0.0717 e. The van der Waals surface area contributed by atoms with Crippen molar-refractivity contribution >= 4 is 5.57 Å². The van der Waals surface area contributed by atoms with Gasteiger partial charge in [-0.2, -0.15) is 0 Å². The highest BCUT2D eigenvalue weighted by atomic mass is 14.7.